The third kappa shape index (κ3) is 2.02. The minimum absolute atomic E-state index is 0.384. The largest absolute Gasteiger partial charge is 0.355 e. The molecule has 4 heteroatoms. The lowest BCUT2D eigenvalue weighted by Crippen LogP contribution is -2.37. The number of rotatable bonds is 1. The molecule has 2 fully saturated rings. The highest BCUT2D eigenvalue weighted by molar-refractivity contribution is 5.38. The number of hydrogen-bond donors (Lipinski definition) is 0. The molecule has 2 bridgehead atoms. The van der Waals surface area contributed by atoms with Gasteiger partial charge >= 0.3 is 0 Å². The predicted molar refractivity (Wildman–Crippen MR) is 65.6 cm³/mol. The SMILES string of the molecule is CN1C2CCC1CN(c1cccc(F)n1)CC2. The minimum Gasteiger partial charge on any atom is -0.355 e. The molecule has 0 amide bonds. The minimum atomic E-state index is -0.384. The molecule has 2 aliphatic rings. The summed E-state index contributed by atoms with van der Waals surface area (Å²) in [6.45, 7) is 1.96. The first-order chi connectivity index (χ1) is 8.24. The Morgan fingerprint density at radius 2 is 2.06 bits per heavy atom. The lowest BCUT2D eigenvalue weighted by molar-refractivity contribution is 0.254. The van der Waals surface area contributed by atoms with Crippen LogP contribution in [-0.2, 0) is 0 Å². The first-order valence-electron chi connectivity index (χ1n) is 6.33. The summed E-state index contributed by atoms with van der Waals surface area (Å²) in [5.74, 6) is 0.399. The summed E-state index contributed by atoms with van der Waals surface area (Å²) in [5, 5.41) is 0. The van der Waals surface area contributed by atoms with E-state index in [2.05, 4.69) is 21.8 Å². The third-order valence-corrected chi connectivity index (χ3v) is 4.17. The van der Waals surface area contributed by atoms with Crippen molar-refractivity contribution in [3.05, 3.63) is 24.1 Å². The van der Waals surface area contributed by atoms with E-state index in [-0.39, 0.29) is 5.95 Å². The number of fused-ring (bicyclic) bond motifs is 2. The first-order valence-corrected chi connectivity index (χ1v) is 6.33. The van der Waals surface area contributed by atoms with E-state index in [1.165, 1.54) is 18.9 Å². The van der Waals surface area contributed by atoms with Gasteiger partial charge in [0.2, 0.25) is 5.95 Å². The fourth-order valence-electron chi connectivity index (χ4n) is 3.09. The zero-order valence-corrected chi connectivity index (χ0v) is 10.1. The lowest BCUT2D eigenvalue weighted by Gasteiger charge is -2.26. The summed E-state index contributed by atoms with van der Waals surface area (Å²) in [6.07, 6.45) is 3.73. The van der Waals surface area contributed by atoms with Crippen molar-refractivity contribution in [1.29, 1.82) is 0 Å². The summed E-state index contributed by atoms with van der Waals surface area (Å²) < 4.78 is 13.1. The number of hydrogen-bond acceptors (Lipinski definition) is 3. The summed E-state index contributed by atoms with van der Waals surface area (Å²) >= 11 is 0. The van der Waals surface area contributed by atoms with Crippen LogP contribution < -0.4 is 4.90 Å². The van der Waals surface area contributed by atoms with Gasteiger partial charge in [-0.3, -0.25) is 4.90 Å². The Labute approximate surface area is 101 Å². The van der Waals surface area contributed by atoms with E-state index in [0.717, 1.165) is 25.3 Å². The normalized spacial score (nSPS) is 29.4. The van der Waals surface area contributed by atoms with Crippen molar-refractivity contribution < 1.29 is 4.39 Å². The van der Waals surface area contributed by atoms with Crippen LogP contribution in [0.4, 0.5) is 10.2 Å². The number of anilines is 1. The standard InChI is InChI=1S/C13H18FN3/c1-16-10-5-6-11(16)9-17(8-7-10)13-4-2-3-12(14)15-13/h2-4,10-11H,5-9H2,1H3. The molecule has 2 unspecified atom stereocenters. The maximum Gasteiger partial charge on any atom is 0.214 e. The van der Waals surface area contributed by atoms with Crippen molar-refractivity contribution in [1.82, 2.24) is 9.88 Å². The molecule has 0 spiro atoms. The average molecular weight is 235 g/mol. The van der Waals surface area contributed by atoms with E-state index in [4.69, 9.17) is 0 Å². The highest BCUT2D eigenvalue weighted by Crippen LogP contribution is 2.29. The van der Waals surface area contributed by atoms with Gasteiger partial charge in [-0.25, -0.2) is 4.98 Å². The first kappa shape index (κ1) is 11.0. The second kappa shape index (κ2) is 4.26. The maximum atomic E-state index is 13.1. The van der Waals surface area contributed by atoms with Crippen molar-refractivity contribution in [3.8, 4) is 0 Å². The van der Waals surface area contributed by atoms with E-state index < -0.39 is 0 Å². The van der Waals surface area contributed by atoms with Crippen molar-refractivity contribution in [3.63, 3.8) is 0 Å². The van der Waals surface area contributed by atoms with E-state index in [9.17, 15) is 4.39 Å². The molecular formula is C13H18FN3. The monoisotopic (exact) mass is 235 g/mol. The van der Waals surface area contributed by atoms with Crippen molar-refractivity contribution in [2.75, 3.05) is 25.0 Å². The topological polar surface area (TPSA) is 19.4 Å². The average Bonchev–Trinajstić information content (AvgIpc) is 2.53. The van der Waals surface area contributed by atoms with E-state index >= 15 is 0 Å². The Morgan fingerprint density at radius 1 is 1.24 bits per heavy atom. The summed E-state index contributed by atoms with van der Waals surface area (Å²) in [4.78, 5) is 8.70. The number of aromatic nitrogens is 1. The van der Waals surface area contributed by atoms with Crippen molar-refractivity contribution in [2.45, 2.75) is 31.3 Å². The second-order valence-corrected chi connectivity index (χ2v) is 5.10. The Balaban J connectivity index is 1.81. The molecule has 2 aliphatic heterocycles. The molecule has 0 aliphatic carbocycles. The van der Waals surface area contributed by atoms with Gasteiger partial charge in [-0.05, 0) is 38.4 Å². The van der Waals surface area contributed by atoms with Crippen LogP contribution in [0.25, 0.3) is 0 Å². The van der Waals surface area contributed by atoms with Crippen molar-refractivity contribution >= 4 is 5.82 Å². The molecule has 1 aromatic heterocycles. The van der Waals surface area contributed by atoms with Gasteiger partial charge in [0.05, 0.1) is 0 Å². The number of nitrogens with zero attached hydrogens (tertiary/aromatic N) is 3. The number of halogens is 1. The Kier molecular flexibility index (Phi) is 2.74. The molecule has 1 aromatic rings. The highest BCUT2D eigenvalue weighted by atomic mass is 19.1. The molecule has 0 aromatic carbocycles. The van der Waals surface area contributed by atoms with Gasteiger partial charge in [0, 0.05) is 25.2 Å². The van der Waals surface area contributed by atoms with Crippen LogP contribution in [0.2, 0.25) is 0 Å². The van der Waals surface area contributed by atoms with Crippen LogP contribution in [0, 0.1) is 5.95 Å². The number of likely N-dealkylation sites (N-methyl/N-ethyl adjacent to an activating group) is 1. The van der Waals surface area contributed by atoms with Gasteiger partial charge in [-0.2, -0.15) is 4.39 Å². The molecule has 2 atom stereocenters. The van der Waals surface area contributed by atoms with Crippen LogP contribution in [-0.4, -0.2) is 42.1 Å². The van der Waals surface area contributed by atoms with Gasteiger partial charge in [0.25, 0.3) is 0 Å². The molecule has 3 rings (SSSR count). The van der Waals surface area contributed by atoms with Gasteiger partial charge < -0.3 is 4.90 Å². The third-order valence-electron chi connectivity index (χ3n) is 4.17. The van der Waals surface area contributed by atoms with Gasteiger partial charge in [-0.15, -0.1) is 0 Å². The zero-order valence-electron chi connectivity index (χ0n) is 10.1. The fourth-order valence-corrected chi connectivity index (χ4v) is 3.09. The fraction of sp³-hybridized carbons (Fsp3) is 0.615. The smallest absolute Gasteiger partial charge is 0.214 e. The molecule has 0 radical (unpaired) electrons. The highest BCUT2D eigenvalue weighted by Gasteiger charge is 2.34. The summed E-state index contributed by atoms with van der Waals surface area (Å²) in [7, 11) is 2.21. The molecule has 92 valence electrons. The van der Waals surface area contributed by atoms with Gasteiger partial charge in [-0.1, -0.05) is 6.07 Å². The Bertz CT molecular complexity index is 409. The van der Waals surface area contributed by atoms with Crippen LogP contribution in [0.15, 0.2) is 18.2 Å². The molecule has 3 heterocycles. The van der Waals surface area contributed by atoms with E-state index in [0.29, 0.717) is 12.1 Å². The summed E-state index contributed by atoms with van der Waals surface area (Å²) in [5.41, 5.74) is 0. The quantitative estimate of drug-likeness (QED) is 0.693. The predicted octanol–water partition coefficient (Wildman–Crippen LogP) is 1.89. The molecule has 3 nitrogen and oxygen atoms in total. The Hall–Kier alpha value is -1.16. The maximum absolute atomic E-state index is 13.1. The van der Waals surface area contributed by atoms with Crippen LogP contribution >= 0.6 is 0 Å². The van der Waals surface area contributed by atoms with Crippen LogP contribution in [0.1, 0.15) is 19.3 Å². The van der Waals surface area contributed by atoms with Crippen LogP contribution in [0.3, 0.4) is 0 Å². The van der Waals surface area contributed by atoms with Gasteiger partial charge in [0.1, 0.15) is 5.82 Å². The summed E-state index contributed by atoms with van der Waals surface area (Å²) in [6, 6.07) is 6.36. The molecule has 17 heavy (non-hydrogen) atoms. The molecule has 2 saturated heterocycles. The van der Waals surface area contributed by atoms with Gasteiger partial charge in [0.15, 0.2) is 0 Å². The molecular weight excluding hydrogens is 217 g/mol. The zero-order chi connectivity index (χ0) is 11.8. The molecule has 0 N–H and O–H groups in total. The van der Waals surface area contributed by atoms with E-state index in [1.807, 2.05) is 6.07 Å². The van der Waals surface area contributed by atoms with E-state index in [1.54, 1.807) is 6.07 Å². The second-order valence-electron chi connectivity index (χ2n) is 5.10. The number of pyridine rings is 1. The Morgan fingerprint density at radius 3 is 2.88 bits per heavy atom. The van der Waals surface area contributed by atoms with Crippen molar-refractivity contribution in [2.24, 2.45) is 0 Å². The molecule has 0 saturated carbocycles. The lowest BCUT2D eigenvalue weighted by atomic mass is 10.1. The van der Waals surface area contributed by atoms with Crippen LogP contribution in [0.5, 0.6) is 0 Å².